The number of nitrogens with zero attached hydrogens (tertiary/aromatic N) is 3. The Hall–Kier alpha value is -0.870. The molecule has 0 amide bonds. The van der Waals surface area contributed by atoms with Gasteiger partial charge in [0.25, 0.3) is 0 Å². The predicted octanol–water partition coefficient (Wildman–Crippen LogP) is 1.45. The second-order valence-corrected chi connectivity index (χ2v) is 5.55. The maximum absolute atomic E-state index is 9.56. The van der Waals surface area contributed by atoms with Gasteiger partial charge in [0.2, 0.25) is 0 Å². The van der Waals surface area contributed by atoms with Gasteiger partial charge in [-0.1, -0.05) is 0 Å². The number of aliphatic hydroxyl groups excluding tert-OH is 1. The van der Waals surface area contributed by atoms with Crippen molar-refractivity contribution >= 4 is 0 Å². The average Bonchev–Trinajstić information content (AvgIpc) is 2.76. The van der Waals surface area contributed by atoms with Crippen molar-refractivity contribution in [3.63, 3.8) is 0 Å². The monoisotopic (exact) mass is 251 g/mol. The normalized spacial score (nSPS) is 20.2. The van der Waals surface area contributed by atoms with Crippen LogP contribution < -0.4 is 0 Å². The van der Waals surface area contributed by atoms with Gasteiger partial charge in [-0.3, -0.25) is 4.68 Å². The first kappa shape index (κ1) is 13.6. The Bertz CT molecular complexity index is 354. The van der Waals surface area contributed by atoms with Crippen LogP contribution in [-0.2, 0) is 13.5 Å². The largest absolute Gasteiger partial charge is 0.393 e. The number of hydrogen-bond donors (Lipinski definition) is 1. The summed E-state index contributed by atoms with van der Waals surface area (Å²) in [6.07, 6.45) is 8.52. The highest BCUT2D eigenvalue weighted by Crippen LogP contribution is 2.20. The maximum atomic E-state index is 9.56. The van der Waals surface area contributed by atoms with Crippen LogP contribution in [0.2, 0.25) is 0 Å². The molecule has 1 N–H and O–H groups in total. The molecule has 102 valence electrons. The van der Waals surface area contributed by atoms with Crippen molar-refractivity contribution in [1.29, 1.82) is 0 Å². The SMILES string of the molecule is CC(O)C1CCN(CCCc2cnn(C)c2)CC1. The lowest BCUT2D eigenvalue weighted by atomic mass is 9.92. The van der Waals surface area contributed by atoms with Crippen LogP contribution in [0.5, 0.6) is 0 Å². The van der Waals surface area contributed by atoms with Gasteiger partial charge in [0.1, 0.15) is 0 Å². The van der Waals surface area contributed by atoms with Gasteiger partial charge in [0, 0.05) is 13.2 Å². The molecule has 1 atom stereocenters. The minimum atomic E-state index is -0.137. The molecule has 1 unspecified atom stereocenters. The van der Waals surface area contributed by atoms with Crippen molar-refractivity contribution in [2.45, 2.75) is 38.7 Å². The van der Waals surface area contributed by atoms with Crippen molar-refractivity contribution in [2.75, 3.05) is 19.6 Å². The summed E-state index contributed by atoms with van der Waals surface area (Å²) in [6.45, 7) is 5.37. The van der Waals surface area contributed by atoms with Gasteiger partial charge in [0.15, 0.2) is 0 Å². The molecule has 0 saturated carbocycles. The molecular formula is C14H25N3O. The van der Waals surface area contributed by atoms with E-state index < -0.39 is 0 Å². The van der Waals surface area contributed by atoms with E-state index in [1.807, 2.05) is 24.9 Å². The van der Waals surface area contributed by atoms with Gasteiger partial charge < -0.3 is 10.0 Å². The van der Waals surface area contributed by atoms with E-state index in [9.17, 15) is 5.11 Å². The van der Waals surface area contributed by atoms with Crippen LogP contribution in [0.4, 0.5) is 0 Å². The van der Waals surface area contributed by atoms with Crippen LogP contribution >= 0.6 is 0 Å². The maximum Gasteiger partial charge on any atom is 0.0541 e. The van der Waals surface area contributed by atoms with Crippen molar-refractivity contribution in [3.05, 3.63) is 18.0 Å². The summed E-state index contributed by atoms with van der Waals surface area (Å²) in [5, 5.41) is 13.7. The first-order valence-corrected chi connectivity index (χ1v) is 7.03. The highest BCUT2D eigenvalue weighted by molar-refractivity contribution is 5.03. The van der Waals surface area contributed by atoms with Crippen LogP contribution in [0.3, 0.4) is 0 Å². The van der Waals surface area contributed by atoms with E-state index in [1.54, 1.807) is 0 Å². The number of aryl methyl sites for hydroxylation is 2. The minimum Gasteiger partial charge on any atom is -0.393 e. The fraction of sp³-hybridized carbons (Fsp3) is 0.786. The average molecular weight is 251 g/mol. The number of likely N-dealkylation sites (tertiary alicyclic amines) is 1. The van der Waals surface area contributed by atoms with Crippen molar-refractivity contribution in [1.82, 2.24) is 14.7 Å². The summed E-state index contributed by atoms with van der Waals surface area (Å²) in [5.41, 5.74) is 1.33. The van der Waals surface area contributed by atoms with E-state index in [0.29, 0.717) is 5.92 Å². The zero-order chi connectivity index (χ0) is 13.0. The van der Waals surface area contributed by atoms with E-state index in [1.165, 1.54) is 18.5 Å². The molecular weight excluding hydrogens is 226 g/mol. The predicted molar refractivity (Wildman–Crippen MR) is 72.4 cm³/mol. The quantitative estimate of drug-likeness (QED) is 0.861. The second kappa shape index (κ2) is 6.34. The molecule has 0 aromatic carbocycles. The van der Waals surface area contributed by atoms with Crippen LogP contribution in [-0.4, -0.2) is 45.5 Å². The van der Waals surface area contributed by atoms with E-state index in [4.69, 9.17) is 0 Å². The number of aromatic nitrogens is 2. The van der Waals surface area contributed by atoms with Gasteiger partial charge >= 0.3 is 0 Å². The van der Waals surface area contributed by atoms with E-state index in [0.717, 1.165) is 32.4 Å². The molecule has 1 fully saturated rings. The fourth-order valence-electron chi connectivity index (χ4n) is 2.77. The minimum absolute atomic E-state index is 0.137. The zero-order valence-corrected chi connectivity index (χ0v) is 11.5. The smallest absolute Gasteiger partial charge is 0.0541 e. The van der Waals surface area contributed by atoms with Gasteiger partial charge in [-0.25, -0.2) is 0 Å². The summed E-state index contributed by atoms with van der Waals surface area (Å²) in [5.74, 6) is 0.513. The summed E-state index contributed by atoms with van der Waals surface area (Å²) < 4.78 is 1.86. The number of piperidine rings is 1. The Labute approximate surface area is 110 Å². The van der Waals surface area contributed by atoms with Gasteiger partial charge in [0.05, 0.1) is 12.3 Å². The molecule has 4 nitrogen and oxygen atoms in total. The van der Waals surface area contributed by atoms with E-state index in [2.05, 4.69) is 16.2 Å². The molecule has 0 aliphatic carbocycles. The molecule has 1 aliphatic rings. The third-order valence-corrected chi connectivity index (χ3v) is 4.01. The number of hydrogen-bond acceptors (Lipinski definition) is 3. The third-order valence-electron chi connectivity index (χ3n) is 4.01. The molecule has 2 rings (SSSR count). The summed E-state index contributed by atoms with van der Waals surface area (Å²) in [7, 11) is 1.96. The van der Waals surface area contributed by atoms with E-state index >= 15 is 0 Å². The topological polar surface area (TPSA) is 41.3 Å². The van der Waals surface area contributed by atoms with Crippen LogP contribution in [0.15, 0.2) is 12.4 Å². The summed E-state index contributed by atoms with van der Waals surface area (Å²) >= 11 is 0. The zero-order valence-electron chi connectivity index (χ0n) is 11.5. The highest BCUT2D eigenvalue weighted by Gasteiger charge is 2.21. The van der Waals surface area contributed by atoms with Gasteiger partial charge in [-0.05, 0) is 63.7 Å². The Kier molecular flexibility index (Phi) is 4.78. The fourth-order valence-corrected chi connectivity index (χ4v) is 2.77. The molecule has 2 heterocycles. The lowest BCUT2D eigenvalue weighted by molar-refractivity contribution is 0.0716. The standard InChI is InChI=1S/C14H25N3O/c1-12(18)14-5-8-17(9-6-14)7-3-4-13-10-15-16(2)11-13/h10-12,14,18H,3-9H2,1-2H3. The molecule has 1 aromatic heterocycles. The van der Waals surface area contributed by atoms with Crippen molar-refractivity contribution < 1.29 is 5.11 Å². The highest BCUT2D eigenvalue weighted by atomic mass is 16.3. The molecule has 18 heavy (non-hydrogen) atoms. The molecule has 4 heteroatoms. The molecule has 1 aliphatic heterocycles. The van der Waals surface area contributed by atoms with Gasteiger partial charge in [-0.15, -0.1) is 0 Å². The lowest BCUT2D eigenvalue weighted by Gasteiger charge is -2.33. The van der Waals surface area contributed by atoms with Crippen molar-refractivity contribution in [3.8, 4) is 0 Å². The van der Waals surface area contributed by atoms with Crippen LogP contribution in [0.1, 0.15) is 31.7 Å². The Morgan fingerprint density at radius 1 is 1.44 bits per heavy atom. The second-order valence-electron chi connectivity index (χ2n) is 5.55. The van der Waals surface area contributed by atoms with Crippen LogP contribution in [0.25, 0.3) is 0 Å². The van der Waals surface area contributed by atoms with Crippen LogP contribution in [0, 0.1) is 5.92 Å². The Morgan fingerprint density at radius 2 is 2.17 bits per heavy atom. The van der Waals surface area contributed by atoms with E-state index in [-0.39, 0.29) is 6.10 Å². The third kappa shape index (κ3) is 3.82. The molecule has 0 bridgehead atoms. The van der Waals surface area contributed by atoms with Gasteiger partial charge in [-0.2, -0.15) is 5.10 Å². The first-order chi connectivity index (χ1) is 8.65. The summed E-state index contributed by atoms with van der Waals surface area (Å²) in [4.78, 5) is 2.52. The summed E-state index contributed by atoms with van der Waals surface area (Å²) in [6, 6.07) is 0. The lowest BCUT2D eigenvalue weighted by Crippen LogP contribution is -2.37. The Morgan fingerprint density at radius 3 is 2.72 bits per heavy atom. The molecule has 0 spiro atoms. The molecule has 1 saturated heterocycles. The molecule has 1 aromatic rings. The molecule has 0 radical (unpaired) electrons. The number of rotatable bonds is 5. The Balaban J connectivity index is 1.63. The van der Waals surface area contributed by atoms with Crippen molar-refractivity contribution in [2.24, 2.45) is 13.0 Å². The number of aliphatic hydroxyl groups is 1. The first-order valence-electron chi connectivity index (χ1n) is 7.03.